The molecule has 0 bridgehead atoms. The Kier molecular flexibility index (Phi) is 6.70. The molecule has 0 fully saturated rings. The summed E-state index contributed by atoms with van der Waals surface area (Å²) in [4.78, 5) is 25.1. The largest absolute Gasteiger partial charge is 0.326 e. The van der Waals surface area contributed by atoms with Gasteiger partial charge in [-0.2, -0.15) is 0 Å². The second-order valence-corrected chi connectivity index (χ2v) is 11.2. The van der Waals surface area contributed by atoms with Gasteiger partial charge in [-0.3, -0.25) is 9.59 Å². The maximum Gasteiger partial charge on any atom is 0.225 e. The minimum absolute atomic E-state index is 0.0961. The van der Waals surface area contributed by atoms with E-state index in [4.69, 9.17) is 0 Å². The predicted octanol–water partition coefficient (Wildman–Crippen LogP) is 4.38. The zero-order chi connectivity index (χ0) is 21.2. The highest BCUT2D eigenvalue weighted by Crippen LogP contribution is 2.33. The van der Waals surface area contributed by atoms with Crippen LogP contribution in [0.3, 0.4) is 0 Å². The van der Waals surface area contributed by atoms with Gasteiger partial charge >= 0.3 is 0 Å². The monoisotopic (exact) mass is 496 g/mol. The van der Waals surface area contributed by atoms with Crippen LogP contribution in [0.1, 0.15) is 25.3 Å². The molecule has 3 rings (SSSR count). The van der Waals surface area contributed by atoms with Gasteiger partial charge in [-0.05, 0) is 55.8 Å². The summed E-state index contributed by atoms with van der Waals surface area (Å²) in [5.74, 6) is 0.140. The molecule has 0 radical (unpaired) electrons. The van der Waals surface area contributed by atoms with E-state index in [0.717, 1.165) is 14.9 Å². The molecule has 2 aromatic rings. The van der Waals surface area contributed by atoms with Crippen LogP contribution in [0.15, 0.2) is 50.7 Å². The molecule has 0 unspecified atom stereocenters. The Morgan fingerprint density at radius 2 is 2.03 bits per heavy atom. The summed E-state index contributed by atoms with van der Waals surface area (Å²) in [7, 11) is -3.73. The Bertz CT molecular complexity index is 1070. The van der Waals surface area contributed by atoms with E-state index in [0.29, 0.717) is 23.5 Å². The first kappa shape index (κ1) is 21.9. The quantitative estimate of drug-likeness (QED) is 0.640. The molecule has 0 aromatic heterocycles. The first-order chi connectivity index (χ1) is 13.7. The van der Waals surface area contributed by atoms with Gasteiger partial charge in [0.25, 0.3) is 0 Å². The molecule has 2 amide bonds. The Morgan fingerprint density at radius 1 is 1.28 bits per heavy atom. The number of fused-ring (bicyclic) bond motifs is 1. The molecule has 2 aromatic carbocycles. The summed E-state index contributed by atoms with van der Waals surface area (Å²) >= 11 is 4.91. The number of nitrogens with one attached hydrogen (secondary N) is 2. The van der Waals surface area contributed by atoms with Gasteiger partial charge in [-0.25, -0.2) is 8.42 Å². The van der Waals surface area contributed by atoms with Crippen molar-refractivity contribution in [2.45, 2.75) is 41.7 Å². The number of hydrogen-bond acceptors (Lipinski definition) is 5. The average Bonchev–Trinajstić information content (AvgIpc) is 2.84. The molecule has 29 heavy (non-hydrogen) atoms. The number of sulfone groups is 1. The van der Waals surface area contributed by atoms with Crippen molar-refractivity contribution in [1.82, 2.24) is 0 Å². The third-order valence-corrected chi connectivity index (χ3v) is 8.69. The summed E-state index contributed by atoms with van der Waals surface area (Å²) in [6, 6.07) is 10.1. The highest BCUT2D eigenvalue weighted by Gasteiger charge is 2.27. The molecule has 1 heterocycles. The van der Waals surface area contributed by atoms with E-state index in [9.17, 15) is 18.0 Å². The molecule has 1 aliphatic rings. The first-order valence-corrected chi connectivity index (χ1v) is 12.4. The fourth-order valence-corrected chi connectivity index (χ4v) is 5.47. The van der Waals surface area contributed by atoms with Crippen LogP contribution in [0.2, 0.25) is 0 Å². The molecule has 0 aliphatic carbocycles. The van der Waals surface area contributed by atoms with Crippen molar-refractivity contribution in [1.29, 1.82) is 0 Å². The number of aryl methyl sites for hydroxylation is 1. The fourth-order valence-electron chi connectivity index (χ4n) is 2.91. The van der Waals surface area contributed by atoms with Gasteiger partial charge in [-0.15, -0.1) is 11.8 Å². The standard InChI is InChI=1S/C20H21BrN2O4S2/c1-12-9-14(3-5-16(12)21)22-20(25)10-13(2)29(26,27)15-4-6-18-17(11-15)23-19(24)7-8-28-18/h3-6,9,11,13H,7-8,10H2,1-2H3,(H,22,25)(H,23,24)/t13-/m1/s1. The van der Waals surface area contributed by atoms with Gasteiger partial charge in [0.2, 0.25) is 11.8 Å². The number of halogens is 1. The Labute approximate surface area is 182 Å². The van der Waals surface area contributed by atoms with Gasteiger partial charge in [0.15, 0.2) is 9.84 Å². The maximum absolute atomic E-state index is 13.0. The summed E-state index contributed by atoms with van der Waals surface area (Å²) in [6.07, 6.45) is 0.211. The molecule has 1 atom stereocenters. The second-order valence-electron chi connectivity index (χ2n) is 6.88. The highest BCUT2D eigenvalue weighted by molar-refractivity contribution is 9.10. The first-order valence-electron chi connectivity index (χ1n) is 9.03. The SMILES string of the molecule is Cc1cc(NC(=O)C[C@@H](C)S(=O)(=O)c2ccc3c(c2)NC(=O)CCS3)ccc1Br. The smallest absolute Gasteiger partial charge is 0.225 e. The molecular weight excluding hydrogens is 476 g/mol. The summed E-state index contributed by atoms with van der Waals surface area (Å²) in [5.41, 5.74) is 2.08. The van der Waals surface area contributed by atoms with Crippen molar-refractivity contribution >= 4 is 60.7 Å². The van der Waals surface area contributed by atoms with Crippen molar-refractivity contribution in [2.24, 2.45) is 0 Å². The number of anilines is 2. The number of rotatable bonds is 5. The number of amides is 2. The van der Waals surface area contributed by atoms with Gasteiger partial charge in [0.05, 0.1) is 15.8 Å². The zero-order valence-electron chi connectivity index (χ0n) is 16.0. The lowest BCUT2D eigenvalue weighted by Crippen LogP contribution is -2.25. The number of thioether (sulfide) groups is 1. The van der Waals surface area contributed by atoms with Crippen LogP contribution in [-0.4, -0.2) is 31.2 Å². The van der Waals surface area contributed by atoms with Crippen molar-refractivity contribution in [3.8, 4) is 0 Å². The molecule has 0 saturated heterocycles. The van der Waals surface area contributed by atoms with Crippen molar-refractivity contribution in [3.63, 3.8) is 0 Å². The van der Waals surface area contributed by atoms with Crippen LogP contribution in [0.5, 0.6) is 0 Å². The van der Waals surface area contributed by atoms with Crippen molar-refractivity contribution in [2.75, 3.05) is 16.4 Å². The van der Waals surface area contributed by atoms with E-state index < -0.39 is 15.1 Å². The lowest BCUT2D eigenvalue weighted by atomic mass is 10.2. The average molecular weight is 497 g/mol. The van der Waals surface area contributed by atoms with Gasteiger partial charge in [-0.1, -0.05) is 15.9 Å². The molecule has 6 nitrogen and oxygen atoms in total. The Morgan fingerprint density at radius 3 is 2.76 bits per heavy atom. The maximum atomic E-state index is 13.0. The van der Waals surface area contributed by atoms with Crippen LogP contribution < -0.4 is 10.6 Å². The molecule has 1 aliphatic heterocycles. The summed E-state index contributed by atoms with van der Waals surface area (Å²) in [6.45, 7) is 3.42. The third kappa shape index (κ3) is 5.21. The van der Waals surface area contributed by atoms with Crippen LogP contribution in [0.4, 0.5) is 11.4 Å². The van der Waals surface area contributed by atoms with Gasteiger partial charge in [0.1, 0.15) is 0 Å². The van der Waals surface area contributed by atoms with E-state index in [-0.39, 0.29) is 23.1 Å². The molecule has 0 spiro atoms. The summed E-state index contributed by atoms with van der Waals surface area (Å²) < 4.78 is 26.9. The van der Waals surface area contributed by atoms with Gasteiger partial charge in [0, 0.05) is 33.7 Å². The number of hydrogen-bond donors (Lipinski definition) is 2. The highest BCUT2D eigenvalue weighted by atomic mass is 79.9. The van der Waals surface area contributed by atoms with E-state index >= 15 is 0 Å². The topological polar surface area (TPSA) is 92.3 Å². The van der Waals surface area contributed by atoms with E-state index in [1.165, 1.54) is 30.8 Å². The van der Waals surface area contributed by atoms with Crippen molar-refractivity contribution in [3.05, 3.63) is 46.4 Å². The number of carbonyl (C=O) groups excluding carboxylic acids is 2. The normalized spacial score (nSPS) is 15.1. The number of carbonyl (C=O) groups is 2. The van der Waals surface area contributed by atoms with Crippen LogP contribution in [-0.2, 0) is 19.4 Å². The zero-order valence-corrected chi connectivity index (χ0v) is 19.2. The predicted molar refractivity (Wildman–Crippen MR) is 119 cm³/mol. The van der Waals surface area contributed by atoms with Crippen LogP contribution >= 0.6 is 27.7 Å². The van der Waals surface area contributed by atoms with E-state index in [2.05, 4.69) is 26.6 Å². The van der Waals surface area contributed by atoms with E-state index in [1.54, 1.807) is 12.1 Å². The van der Waals surface area contributed by atoms with E-state index in [1.807, 2.05) is 19.1 Å². The lowest BCUT2D eigenvalue weighted by molar-refractivity contribution is -0.116. The summed E-state index contributed by atoms with van der Waals surface area (Å²) in [5, 5.41) is 4.58. The minimum Gasteiger partial charge on any atom is -0.326 e. The molecule has 9 heteroatoms. The Balaban J connectivity index is 1.74. The Hall–Kier alpha value is -1.84. The molecular formula is C20H21BrN2O4S2. The number of benzene rings is 2. The molecule has 2 N–H and O–H groups in total. The van der Waals surface area contributed by atoms with Crippen molar-refractivity contribution < 1.29 is 18.0 Å². The second kappa shape index (κ2) is 8.89. The fraction of sp³-hybridized carbons (Fsp3) is 0.300. The molecule has 154 valence electrons. The third-order valence-electron chi connectivity index (χ3n) is 4.58. The minimum atomic E-state index is -3.73. The molecule has 0 saturated carbocycles. The van der Waals surface area contributed by atoms with Crippen LogP contribution in [0, 0.1) is 6.92 Å². The van der Waals surface area contributed by atoms with Crippen LogP contribution in [0.25, 0.3) is 0 Å². The lowest BCUT2D eigenvalue weighted by Gasteiger charge is -2.15. The van der Waals surface area contributed by atoms with Gasteiger partial charge < -0.3 is 10.6 Å².